The highest BCUT2D eigenvalue weighted by Gasteiger charge is 2.31. The molecule has 0 unspecified atom stereocenters. The minimum absolute atomic E-state index is 0.154. The molecule has 2 aromatic rings. The Morgan fingerprint density at radius 3 is 2.56 bits per heavy atom. The van der Waals surface area contributed by atoms with E-state index in [1.165, 1.54) is 21.5 Å². The number of thiophene rings is 1. The van der Waals surface area contributed by atoms with Crippen molar-refractivity contribution in [2.45, 2.75) is 17.6 Å². The molecule has 9 heteroatoms. The van der Waals surface area contributed by atoms with E-state index >= 15 is 0 Å². The molecule has 1 aromatic heterocycles. The zero-order valence-electron chi connectivity index (χ0n) is 15.0. The Bertz CT molecular complexity index is 906. The quantitative estimate of drug-likeness (QED) is 0.797. The maximum Gasteiger partial charge on any atom is 0.317 e. The van der Waals surface area contributed by atoms with E-state index < -0.39 is 10.0 Å². The van der Waals surface area contributed by atoms with E-state index in [2.05, 4.69) is 11.4 Å². The molecular weight excluding hydrogens is 406 g/mol. The lowest BCUT2D eigenvalue weighted by Gasteiger charge is -2.33. The summed E-state index contributed by atoms with van der Waals surface area (Å²) >= 11 is 6.89. The second-order valence-corrected chi connectivity index (χ2v) is 10.3. The first-order valence-corrected chi connectivity index (χ1v) is 11.3. The van der Waals surface area contributed by atoms with Gasteiger partial charge in [-0.25, -0.2) is 13.2 Å². The van der Waals surface area contributed by atoms with Gasteiger partial charge in [-0.2, -0.15) is 4.31 Å². The molecule has 27 heavy (non-hydrogen) atoms. The summed E-state index contributed by atoms with van der Waals surface area (Å²) in [6, 6.07) is 11.1. The van der Waals surface area contributed by atoms with Crippen LogP contribution in [0.5, 0.6) is 0 Å². The summed E-state index contributed by atoms with van der Waals surface area (Å²) in [7, 11) is -3.54. The van der Waals surface area contributed by atoms with Crippen molar-refractivity contribution in [1.29, 1.82) is 0 Å². The summed E-state index contributed by atoms with van der Waals surface area (Å²) < 4.78 is 27.3. The molecule has 3 rings (SSSR count). The van der Waals surface area contributed by atoms with Crippen molar-refractivity contribution in [2.75, 3.05) is 32.7 Å². The van der Waals surface area contributed by atoms with Crippen LogP contribution in [0.3, 0.4) is 0 Å². The van der Waals surface area contributed by atoms with E-state index in [-0.39, 0.29) is 23.3 Å². The zero-order valence-corrected chi connectivity index (χ0v) is 17.4. The van der Waals surface area contributed by atoms with Gasteiger partial charge in [0.2, 0.25) is 0 Å². The molecule has 2 amide bonds. The first kappa shape index (κ1) is 20.1. The van der Waals surface area contributed by atoms with E-state index in [1.807, 2.05) is 25.1 Å². The predicted octanol–water partition coefficient (Wildman–Crippen LogP) is 2.97. The van der Waals surface area contributed by atoms with E-state index in [0.29, 0.717) is 24.0 Å². The number of nitrogens with one attached hydrogen (secondary N) is 1. The summed E-state index contributed by atoms with van der Waals surface area (Å²) in [4.78, 5) is 14.0. The second kappa shape index (κ2) is 8.60. The van der Waals surface area contributed by atoms with Gasteiger partial charge in [-0.1, -0.05) is 41.4 Å². The number of nitrogens with zero attached hydrogens (tertiary/aromatic N) is 2. The lowest BCUT2D eigenvalue weighted by Crippen LogP contribution is -2.53. The van der Waals surface area contributed by atoms with Crippen molar-refractivity contribution in [1.82, 2.24) is 14.5 Å². The number of rotatable bonds is 5. The van der Waals surface area contributed by atoms with Gasteiger partial charge in [0, 0.05) is 32.7 Å². The van der Waals surface area contributed by atoms with Crippen molar-refractivity contribution in [3.05, 3.63) is 51.9 Å². The largest absolute Gasteiger partial charge is 0.338 e. The smallest absolute Gasteiger partial charge is 0.317 e. The Morgan fingerprint density at radius 1 is 1.19 bits per heavy atom. The van der Waals surface area contributed by atoms with Gasteiger partial charge in [-0.3, -0.25) is 0 Å². The molecule has 1 aliphatic rings. The van der Waals surface area contributed by atoms with Crippen LogP contribution in [0.1, 0.15) is 11.1 Å². The number of urea groups is 1. The van der Waals surface area contributed by atoms with Gasteiger partial charge >= 0.3 is 6.03 Å². The molecule has 6 nitrogen and oxygen atoms in total. The van der Waals surface area contributed by atoms with Crippen LogP contribution in [0.2, 0.25) is 4.34 Å². The van der Waals surface area contributed by atoms with E-state index in [9.17, 15) is 13.2 Å². The second-order valence-electron chi connectivity index (χ2n) is 6.42. The highest BCUT2D eigenvalue weighted by atomic mass is 35.5. The van der Waals surface area contributed by atoms with Crippen molar-refractivity contribution in [3.63, 3.8) is 0 Å². The maximum absolute atomic E-state index is 12.6. The third-order valence-corrected chi connectivity index (χ3v) is 8.04. The number of hydrogen-bond acceptors (Lipinski definition) is 4. The number of halogens is 1. The van der Waals surface area contributed by atoms with Gasteiger partial charge in [0.15, 0.2) is 0 Å². The molecule has 1 aromatic carbocycles. The Morgan fingerprint density at radius 2 is 1.93 bits per heavy atom. The molecule has 0 atom stereocenters. The molecule has 0 spiro atoms. The molecule has 0 radical (unpaired) electrons. The summed E-state index contributed by atoms with van der Waals surface area (Å²) in [5, 5.41) is 2.91. The van der Waals surface area contributed by atoms with Gasteiger partial charge in [0.25, 0.3) is 10.0 Å². The van der Waals surface area contributed by atoms with Crippen LogP contribution in [-0.4, -0.2) is 56.4 Å². The van der Waals surface area contributed by atoms with Gasteiger partial charge in [0.1, 0.15) is 4.21 Å². The number of benzene rings is 1. The fourth-order valence-electron chi connectivity index (χ4n) is 2.99. The molecule has 0 aliphatic carbocycles. The topological polar surface area (TPSA) is 69.7 Å². The minimum atomic E-state index is -3.54. The van der Waals surface area contributed by atoms with Gasteiger partial charge in [-0.05, 0) is 31.0 Å². The van der Waals surface area contributed by atoms with Gasteiger partial charge in [0.05, 0.1) is 4.34 Å². The van der Waals surface area contributed by atoms with Crippen molar-refractivity contribution in [3.8, 4) is 0 Å². The van der Waals surface area contributed by atoms with Gasteiger partial charge in [-0.15, -0.1) is 11.3 Å². The highest BCUT2D eigenvalue weighted by Crippen LogP contribution is 2.28. The van der Waals surface area contributed by atoms with Crippen LogP contribution < -0.4 is 5.32 Å². The Hall–Kier alpha value is -1.61. The lowest BCUT2D eigenvalue weighted by atomic mass is 10.1. The number of aryl methyl sites for hydroxylation is 1. The van der Waals surface area contributed by atoms with E-state index in [1.54, 1.807) is 11.0 Å². The number of sulfonamides is 1. The van der Waals surface area contributed by atoms with Crippen LogP contribution >= 0.6 is 22.9 Å². The van der Waals surface area contributed by atoms with Crippen molar-refractivity contribution < 1.29 is 13.2 Å². The number of piperazine rings is 1. The van der Waals surface area contributed by atoms with E-state index in [0.717, 1.165) is 17.8 Å². The summed E-state index contributed by atoms with van der Waals surface area (Å²) in [6.07, 6.45) is 0.765. The van der Waals surface area contributed by atoms with Gasteiger partial charge < -0.3 is 10.2 Å². The van der Waals surface area contributed by atoms with Crippen LogP contribution in [0.15, 0.2) is 40.6 Å². The molecule has 1 aliphatic heterocycles. The summed E-state index contributed by atoms with van der Waals surface area (Å²) in [5.74, 6) is 0. The number of carbonyl (C=O) groups is 1. The molecule has 0 bridgehead atoms. The third kappa shape index (κ3) is 5.01. The third-order valence-electron chi connectivity index (χ3n) is 4.44. The fraction of sp³-hybridized carbons (Fsp3) is 0.389. The number of hydrogen-bond donors (Lipinski definition) is 1. The minimum Gasteiger partial charge on any atom is -0.338 e. The summed E-state index contributed by atoms with van der Waals surface area (Å²) in [6.45, 7) is 3.89. The Labute approximate surface area is 168 Å². The fourth-order valence-corrected chi connectivity index (χ4v) is 6.05. The molecule has 1 N–H and O–H groups in total. The zero-order chi connectivity index (χ0) is 19.4. The SMILES string of the molecule is Cc1cccc(CCNC(=O)N2CCN(S(=O)(=O)c3ccc(Cl)s3)CC2)c1. The standard InChI is InChI=1S/C18H22ClN3O3S2/c1-14-3-2-4-15(13-14)7-8-20-18(23)21-9-11-22(12-10-21)27(24,25)17-6-5-16(19)26-17/h2-6,13H,7-12H2,1H3,(H,20,23). The first-order valence-electron chi connectivity index (χ1n) is 8.70. The monoisotopic (exact) mass is 427 g/mol. The Balaban J connectivity index is 1.48. The average molecular weight is 428 g/mol. The number of carbonyl (C=O) groups excluding carboxylic acids is 1. The Kier molecular flexibility index (Phi) is 6.41. The average Bonchev–Trinajstić information content (AvgIpc) is 3.09. The lowest BCUT2D eigenvalue weighted by molar-refractivity contribution is 0.172. The molecule has 0 saturated carbocycles. The maximum atomic E-state index is 12.6. The van der Waals surface area contributed by atoms with Crippen LogP contribution in [0, 0.1) is 6.92 Å². The molecule has 2 heterocycles. The first-order chi connectivity index (χ1) is 12.9. The van der Waals surface area contributed by atoms with Crippen molar-refractivity contribution >= 4 is 39.0 Å². The highest BCUT2D eigenvalue weighted by molar-refractivity contribution is 7.91. The molecule has 1 fully saturated rings. The normalized spacial score (nSPS) is 15.7. The van der Waals surface area contributed by atoms with Crippen LogP contribution in [-0.2, 0) is 16.4 Å². The predicted molar refractivity (Wildman–Crippen MR) is 108 cm³/mol. The van der Waals surface area contributed by atoms with E-state index in [4.69, 9.17) is 11.6 Å². The van der Waals surface area contributed by atoms with Crippen LogP contribution in [0.4, 0.5) is 4.79 Å². The summed E-state index contributed by atoms with van der Waals surface area (Å²) in [5.41, 5.74) is 2.38. The van der Waals surface area contributed by atoms with Crippen molar-refractivity contribution in [2.24, 2.45) is 0 Å². The number of amides is 2. The van der Waals surface area contributed by atoms with Crippen LogP contribution in [0.25, 0.3) is 0 Å². The molecular formula is C18H22ClN3O3S2. The molecule has 146 valence electrons. The molecule has 1 saturated heterocycles.